The molecule has 0 aromatic rings. The van der Waals surface area contributed by atoms with Crippen LogP contribution in [0.4, 0.5) is 0 Å². The van der Waals surface area contributed by atoms with Gasteiger partial charge in [0.25, 0.3) is 0 Å². The SMILES string of the molecule is CC(C)(C)[NH-].CC1=[C-]C(C)C(C)=C1C.Cl.Cl.[CH2-]CO[Si](C)(C)C.[CH3-].[SiH2]=[Ti]. The van der Waals surface area contributed by atoms with Crippen molar-refractivity contribution in [1.29, 1.82) is 0 Å². The molecule has 1 atom stereocenters. The third kappa shape index (κ3) is 32.8. The number of allylic oxidation sites excluding steroid dienone is 4. The van der Waals surface area contributed by atoms with Gasteiger partial charge in [-0.15, -0.1) is 37.3 Å². The molecule has 0 aliphatic heterocycles. The van der Waals surface area contributed by atoms with E-state index in [0.717, 1.165) is 0 Å². The van der Waals surface area contributed by atoms with E-state index in [2.05, 4.69) is 60.3 Å². The van der Waals surface area contributed by atoms with E-state index >= 15 is 0 Å². The van der Waals surface area contributed by atoms with Gasteiger partial charge in [0, 0.05) is 0 Å². The first kappa shape index (κ1) is 41.5. The topological polar surface area (TPSA) is 33.0 Å². The van der Waals surface area contributed by atoms with E-state index in [9.17, 15) is 0 Å². The number of hydrogen-bond donors (Lipinski definition) is 0. The average Bonchev–Trinajstić information content (AvgIpc) is 2.56. The molecule has 1 unspecified atom stereocenters. The van der Waals surface area contributed by atoms with Crippen LogP contribution in [0.1, 0.15) is 48.5 Å². The van der Waals surface area contributed by atoms with E-state index in [-0.39, 0.29) is 37.8 Å². The summed E-state index contributed by atoms with van der Waals surface area (Å²) in [5.74, 6) is 0.560. The molecule has 0 aromatic carbocycles. The minimum atomic E-state index is -1.22. The fourth-order valence-corrected chi connectivity index (χ4v) is 2.08. The van der Waals surface area contributed by atoms with Crippen LogP contribution in [0, 0.1) is 26.3 Å². The van der Waals surface area contributed by atoms with Gasteiger partial charge in [0.15, 0.2) is 8.32 Å². The third-order valence-electron chi connectivity index (χ3n) is 2.77. The molecule has 1 aliphatic rings. The molecule has 0 spiro atoms. The Morgan fingerprint density at radius 2 is 1.46 bits per heavy atom. The average molecular weight is 477 g/mol. The first-order chi connectivity index (χ1) is 10.2. The van der Waals surface area contributed by atoms with Crippen molar-refractivity contribution in [3.05, 3.63) is 42.9 Å². The summed E-state index contributed by atoms with van der Waals surface area (Å²) in [6.45, 7) is 24.9. The van der Waals surface area contributed by atoms with Gasteiger partial charge in [-0.25, -0.2) is 5.57 Å². The predicted octanol–water partition coefficient (Wildman–Crippen LogP) is 6.61. The summed E-state index contributed by atoms with van der Waals surface area (Å²) in [4.78, 5) is 0. The van der Waals surface area contributed by atoms with Crippen LogP contribution in [0.5, 0.6) is 0 Å². The van der Waals surface area contributed by atoms with Gasteiger partial charge in [-0.1, -0.05) is 54.1 Å². The molecule has 0 heterocycles. The van der Waals surface area contributed by atoms with Crippen molar-refractivity contribution >= 4 is 40.8 Å². The molecule has 0 bridgehead atoms. The molecule has 0 aromatic heterocycles. The van der Waals surface area contributed by atoms with Crippen LogP contribution in [0.3, 0.4) is 0 Å². The second kappa shape index (κ2) is 20.9. The summed E-state index contributed by atoms with van der Waals surface area (Å²) in [5, 5.41) is 0. The fourth-order valence-electron chi connectivity index (χ4n) is 1.47. The van der Waals surface area contributed by atoms with E-state index in [1.54, 1.807) is 0 Å². The maximum atomic E-state index is 6.94. The van der Waals surface area contributed by atoms with Crippen LogP contribution in [-0.2, 0) is 23.6 Å². The zero-order valence-electron chi connectivity index (χ0n) is 18.9. The van der Waals surface area contributed by atoms with Gasteiger partial charge in [0.2, 0.25) is 0 Å². The first-order valence-electron chi connectivity index (χ1n) is 8.00. The number of rotatable bonds is 2. The van der Waals surface area contributed by atoms with E-state index in [1.807, 2.05) is 47.6 Å². The van der Waals surface area contributed by atoms with Crippen molar-refractivity contribution in [2.75, 3.05) is 6.61 Å². The summed E-state index contributed by atoms with van der Waals surface area (Å²) < 4.78 is 5.26. The monoisotopic (exact) mass is 475 g/mol. The van der Waals surface area contributed by atoms with Gasteiger partial charge in [-0.2, -0.15) is 11.1 Å². The van der Waals surface area contributed by atoms with Gasteiger partial charge >= 0.3 is 26.8 Å². The molecule has 1 aliphatic carbocycles. The summed E-state index contributed by atoms with van der Waals surface area (Å²) in [6, 6.07) is 0. The molecule has 1 rings (SSSR count). The molecular weight excluding hydrogens is 433 g/mol. The first-order valence-corrected chi connectivity index (χ1v) is 15.4. The predicted molar refractivity (Wildman–Crippen MR) is 128 cm³/mol. The Hall–Kier alpha value is 1.13. The number of halogens is 2. The molecule has 0 amide bonds. The van der Waals surface area contributed by atoms with Crippen LogP contribution in [0.2, 0.25) is 19.6 Å². The van der Waals surface area contributed by atoms with Crippen molar-refractivity contribution < 1.29 is 23.6 Å². The van der Waals surface area contributed by atoms with Gasteiger partial charge in [-0.05, 0) is 19.6 Å². The Labute approximate surface area is 192 Å². The summed E-state index contributed by atoms with van der Waals surface area (Å²) >= 11 is 2.03. The second-order valence-corrected chi connectivity index (χ2v) is 12.0. The Kier molecular flexibility index (Phi) is 33.3. The Morgan fingerprint density at radius 1 is 1.15 bits per heavy atom. The Balaban J connectivity index is -0.0000000539. The fraction of sp³-hybridized carbons (Fsp3) is 0.684. The molecule has 0 radical (unpaired) electrons. The molecule has 26 heavy (non-hydrogen) atoms. The molecule has 0 saturated carbocycles. The van der Waals surface area contributed by atoms with Crippen molar-refractivity contribution in [3.63, 3.8) is 0 Å². The van der Waals surface area contributed by atoms with Crippen LogP contribution in [0.25, 0.3) is 5.73 Å². The molecule has 7 heteroatoms. The molecule has 0 fully saturated rings. The zero-order valence-corrected chi connectivity index (χ0v) is 24.5. The van der Waals surface area contributed by atoms with Gasteiger partial charge in [0.05, 0.1) is 0 Å². The zero-order chi connectivity index (χ0) is 19.4. The number of nitrogens with one attached hydrogen (secondary N) is 1. The van der Waals surface area contributed by atoms with Gasteiger partial charge < -0.3 is 24.5 Å². The van der Waals surface area contributed by atoms with Crippen LogP contribution in [0.15, 0.2) is 16.7 Å². The molecular formula is C19H43Cl2NOSi2Ti-4. The standard InChI is InChI=1S/C9H13.C5H13OSi.C4H10N.CH3.2ClH.H2Si.Ti/c1-6-5-7(2)9(4)8(6)3;1-5-6-7(2,3)4;1-4(2,3)5;;;;;/h6H,1-4H3;1,5H2,2-4H3;5H,1-3H3;1H3;2*1H;1H2;/q4*-1;;;;. The van der Waals surface area contributed by atoms with Gasteiger partial charge in [-0.3, -0.25) is 6.08 Å². The number of hydrogen-bond acceptors (Lipinski definition) is 1. The molecule has 0 saturated heterocycles. The van der Waals surface area contributed by atoms with Crippen molar-refractivity contribution in [2.24, 2.45) is 5.92 Å². The Bertz CT molecular complexity index is 384. The summed E-state index contributed by atoms with van der Waals surface area (Å²) in [7, 11) is 0.641. The van der Waals surface area contributed by atoms with E-state index in [1.165, 1.54) is 16.7 Å². The van der Waals surface area contributed by atoms with Crippen molar-refractivity contribution in [3.8, 4) is 0 Å². The molecule has 2 nitrogen and oxygen atoms in total. The van der Waals surface area contributed by atoms with Gasteiger partial charge in [0.1, 0.15) is 0 Å². The van der Waals surface area contributed by atoms with E-state index in [0.29, 0.717) is 12.5 Å². The third-order valence-corrected chi connectivity index (χ3v) is 3.84. The molecule has 160 valence electrons. The summed E-state index contributed by atoms with van der Waals surface area (Å²) in [6.07, 6.45) is 3.36. The van der Waals surface area contributed by atoms with E-state index in [4.69, 9.17) is 10.2 Å². The van der Waals surface area contributed by atoms with E-state index < -0.39 is 8.32 Å². The maximum absolute atomic E-state index is 6.94. The normalized spacial score (nSPS) is 15.0. The van der Waals surface area contributed by atoms with Crippen molar-refractivity contribution in [1.82, 2.24) is 0 Å². The van der Waals surface area contributed by atoms with Crippen LogP contribution >= 0.6 is 24.8 Å². The van der Waals surface area contributed by atoms with Crippen molar-refractivity contribution in [2.45, 2.75) is 73.6 Å². The van der Waals surface area contributed by atoms with Crippen LogP contribution in [-0.4, -0.2) is 28.1 Å². The minimum absolute atomic E-state index is 0. The molecule has 1 N–H and O–H groups in total. The Morgan fingerprint density at radius 3 is 1.50 bits per heavy atom. The second-order valence-electron chi connectivity index (χ2n) is 7.51. The van der Waals surface area contributed by atoms with Crippen LogP contribution < -0.4 is 0 Å². The quantitative estimate of drug-likeness (QED) is 0.326. The summed E-state index contributed by atoms with van der Waals surface area (Å²) in [5.41, 5.74) is 10.9.